The van der Waals surface area contributed by atoms with Gasteiger partial charge in [0.05, 0.1) is 4.87 Å². The van der Waals surface area contributed by atoms with Crippen LogP contribution in [0.3, 0.4) is 0 Å². The standard InChI is InChI=1S/C13H14ClOP/c1-13(14)9-7-12(8-10-13)16-15-11-5-3-2-4-6-11/h2-9,16H,10H2,1H3. The zero-order valence-electron chi connectivity index (χ0n) is 9.11. The lowest BCUT2D eigenvalue weighted by atomic mass is 10.0. The van der Waals surface area contributed by atoms with Crippen molar-refractivity contribution in [1.29, 1.82) is 0 Å². The molecule has 2 unspecified atom stereocenters. The maximum absolute atomic E-state index is 6.19. The Morgan fingerprint density at radius 2 is 2.06 bits per heavy atom. The minimum Gasteiger partial charge on any atom is -0.472 e. The minimum absolute atomic E-state index is 0.222. The summed E-state index contributed by atoms with van der Waals surface area (Å²) in [5, 5.41) is 1.21. The normalized spacial score (nSPS) is 24.8. The molecule has 16 heavy (non-hydrogen) atoms. The number of hydrogen-bond donors (Lipinski definition) is 0. The van der Waals surface area contributed by atoms with Gasteiger partial charge in [-0.25, -0.2) is 0 Å². The van der Waals surface area contributed by atoms with E-state index in [1.807, 2.05) is 43.3 Å². The maximum atomic E-state index is 6.19. The molecule has 1 aromatic carbocycles. The van der Waals surface area contributed by atoms with Crippen molar-refractivity contribution in [3.05, 3.63) is 53.9 Å². The molecule has 0 aliphatic heterocycles. The van der Waals surface area contributed by atoms with Gasteiger partial charge in [0.15, 0.2) is 0 Å². The Kier molecular flexibility index (Phi) is 3.68. The highest BCUT2D eigenvalue weighted by Gasteiger charge is 2.18. The van der Waals surface area contributed by atoms with Crippen LogP contribution < -0.4 is 4.52 Å². The molecule has 1 aliphatic rings. The van der Waals surface area contributed by atoms with E-state index < -0.39 is 0 Å². The third-order valence-electron chi connectivity index (χ3n) is 2.36. The van der Waals surface area contributed by atoms with Gasteiger partial charge in [-0.1, -0.05) is 36.4 Å². The van der Waals surface area contributed by atoms with Gasteiger partial charge in [0, 0.05) is 5.31 Å². The van der Waals surface area contributed by atoms with E-state index in [0.717, 1.165) is 12.2 Å². The van der Waals surface area contributed by atoms with Crippen molar-refractivity contribution in [2.75, 3.05) is 0 Å². The predicted molar refractivity (Wildman–Crippen MR) is 71.5 cm³/mol. The SMILES string of the molecule is CC1(Cl)C=CC(POc2ccccc2)=CC1. The molecule has 0 radical (unpaired) electrons. The fraction of sp³-hybridized carbons (Fsp3) is 0.231. The molecule has 0 bridgehead atoms. The third-order valence-corrected chi connectivity index (χ3v) is 3.59. The zero-order chi connectivity index (χ0) is 11.4. The zero-order valence-corrected chi connectivity index (χ0v) is 10.9. The van der Waals surface area contributed by atoms with E-state index in [0.29, 0.717) is 8.81 Å². The predicted octanol–water partition coefficient (Wildman–Crippen LogP) is 4.50. The lowest BCUT2D eigenvalue weighted by Crippen LogP contribution is -2.13. The third kappa shape index (κ3) is 3.37. The minimum atomic E-state index is -0.222. The van der Waals surface area contributed by atoms with Crippen LogP contribution in [0.1, 0.15) is 13.3 Å². The summed E-state index contributed by atoms with van der Waals surface area (Å²) < 4.78 is 5.68. The lowest BCUT2D eigenvalue weighted by molar-refractivity contribution is 0.635. The van der Waals surface area contributed by atoms with E-state index in [-0.39, 0.29) is 4.87 Å². The molecule has 0 saturated heterocycles. The summed E-state index contributed by atoms with van der Waals surface area (Å²) in [5.41, 5.74) is 0. The summed E-state index contributed by atoms with van der Waals surface area (Å²) in [6, 6.07) is 9.85. The fourth-order valence-electron chi connectivity index (χ4n) is 1.39. The molecule has 3 heteroatoms. The number of para-hydroxylation sites is 1. The van der Waals surface area contributed by atoms with E-state index in [2.05, 4.69) is 12.2 Å². The monoisotopic (exact) mass is 252 g/mol. The van der Waals surface area contributed by atoms with Gasteiger partial charge in [-0.2, -0.15) is 0 Å². The Balaban J connectivity index is 1.89. The molecule has 1 aromatic rings. The number of allylic oxidation sites excluding steroid dienone is 4. The van der Waals surface area contributed by atoms with Crippen LogP contribution in [0.25, 0.3) is 0 Å². The molecule has 0 saturated carbocycles. The second-order valence-electron chi connectivity index (χ2n) is 3.99. The highest BCUT2D eigenvalue weighted by molar-refractivity contribution is 7.38. The van der Waals surface area contributed by atoms with Crippen molar-refractivity contribution in [3.63, 3.8) is 0 Å². The molecule has 0 aromatic heterocycles. The van der Waals surface area contributed by atoms with E-state index in [1.165, 1.54) is 5.31 Å². The van der Waals surface area contributed by atoms with Crippen LogP contribution in [0.4, 0.5) is 0 Å². The Labute approximate surface area is 103 Å². The van der Waals surface area contributed by atoms with Crippen LogP contribution in [0.5, 0.6) is 5.75 Å². The van der Waals surface area contributed by atoms with Gasteiger partial charge >= 0.3 is 0 Å². The van der Waals surface area contributed by atoms with Gasteiger partial charge in [-0.15, -0.1) is 11.6 Å². The topological polar surface area (TPSA) is 9.23 Å². The van der Waals surface area contributed by atoms with Crippen LogP contribution in [0, 0.1) is 0 Å². The fourth-order valence-corrected chi connectivity index (χ4v) is 2.24. The number of halogens is 1. The number of benzene rings is 1. The maximum Gasteiger partial charge on any atom is 0.123 e. The molecule has 0 fully saturated rings. The van der Waals surface area contributed by atoms with Gasteiger partial charge < -0.3 is 4.52 Å². The van der Waals surface area contributed by atoms with Crippen molar-refractivity contribution in [2.45, 2.75) is 18.2 Å². The summed E-state index contributed by atoms with van der Waals surface area (Å²) >= 11 is 6.19. The first-order chi connectivity index (χ1) is 7.66. The highest BCUT2D eigenvalue weighted by atomic mass is 35.5. The molecule has 2 rings (SSSR count). The number of alkyl halides is 1. The summed E-state index contributed by atoms with van der Waals surface area (Å²) in [6.07, 6.45) is 7.10. The van der Waals surface area contributed by atoms with E-state index in [9.17, 15) is 0 Å². The van der Waals surface area contributed by atoms with Crippen molar-refractivity contribution >= 4 is 20.4 Å². The largest absolute Gasteiger partial charge is 0.472 e. The van der Waals surface area contributed by atoms with Gasteiger partial charge in [0.2, 0.25) is 0 Å². The second-order valence-corrected chi connectivity index (χ2v) is 5.84. The van der Waals surface area contributed by atoms with Crippen LogP contribution in [0.2, 0.25) is 0 Å². The molecule has 0 heterocycles. The Morgan fingerprint density at radius 3 is 2.69 bits per heavy atom. The first-order valence-electron chi connectivity index (χ1n) is 5.22. The second kappa shape index (κ2) is 5.03. The molecule has 1 nitrogen and oxygen atoms in total. The number of hydrogen-bond acceptors (Lipinski definition) is 1. The van der Waals surface area contributed by atoms with Crippen LogP contribution in [-0.4, -0.2) is 4.87 Å². The summed E-state index contributed by atoms with van der Waals surface area (Å²) in [7, 11) is 0.351. The average molecular weight is 253 g/mol. The molecular weight excluding hydrogens is 239 g/mol. The van der Waals surface area contributed by atoms with E-state index in [4.69, 9.17) is 16.1 Å². The Bertz CT molecular complexity index is 409. The Hall–Kier alpha value is -0.780. The van der Waals surface area contributed by atoms with Gasteiger partial charge in [-0.05, 0) is 25.5 Å². The molecule has 1 aliphatic carbocycles. The summed E-state index contributed by atoms with van der Waals surface area (Å²) in [4.78, 5) is -0.222. The smallest absolute Gasteiger partial charge is 0.123 e. The molecule has 0 spiro atoms. The van der Waals surface area contributed by atoms with Gasteiger partial charge in [-0.3, -0.25) is 0 Å². The number of rotatable bonds is 3. The van der Waals surface area contributed by atoms with Crippen molar-refractivity contribution < 1.29 is 4.52 Å². The summed E-state index contributed by atoms with van der Waals surface area (Å²) in [5.74, 6) is 0.911. The highest BCUT2D eigenvalue weighted by Crippen LogP contribution is 2.35. The van der Waals surface area contributed by atoms with E-state index in [1.54, 1.807) is 0 Å². The van der Waals surface area contributed by atoms with Crippen molar-refractivity contribution in [1.82, 2.24) is 0 Å². The van der Waals surface area contributed by atoms with Gasteiger partial charge in [0.1, 0.15) is 14.6 Å². The first kappa shape index (κ1) is 11.7. The quantitative estimate of drug-likeness (QED) is 0.568. The van der Waals surface area contributed by atoms with Crippen molar-refractivity contribution in [2.24, 2.45) is 0 Å². The molecule has 0 amide bonds. The van der Waals surface area contributed by atoms with Crippen LogP contribution in [0.15, 0.2) is 53.9 Å². The molecular formula is C13H14ClOP. The molecule has 2 atom stereocenters. The molecule has 0 N–H and O–H groups in total. The lowest BCUT2D eigenvalue weighted by Gasteiger charge is -2.20. The molecule has 84 valence electrons. The van der Waals surface area contributed by atoms with Crippen LogP contribution in [-0.2, 0) is 0 Å². The van der Waals surface area contributed by atoms with Crippen LogP contribution >= 0.6 is 20.4 Å². The van der Waals surface area contributed by atoms with E-state index >= 15 is 0 Å². The first-order valence-corrected chi connectivity index (χ1v) is 6.51. The van der Waals surface area contributed by atoms with Gasteiger partial charge in [0.25, 0.3) is 0 Å². The average Bonchev–Trinajstić information content (AvgIpc) is 2.29. The van der Waals surface area contributed by atoms with Crippen molar-refractivity contribution in [3.8, 4) is 5.75 Å². The summed E-state index contributed by atoms with van der Waals surface area (Å²) in [6.45, 7) is 2.01. The Morgan fingerprint density at radius 1 is 1.31 bits per heavy atom.